The Morgan fingerprint density at radius 2 is 2.08 bits per heavy atom. The molecule has 0 aliphatic heterocycles. The first-order valence-corrected chi connectivity index (χ1v) is 3.53. The van der Waals surface area contributed by atoms with Gasteiger partial charge in [0.05, 0.1) is 0 Å². The molecule has 13 heavy (non-hydrogen) atoms. The lowest BCUT2D eigenvalue weighted by molar-refractivity contribution is -0.274. The van der Waals surface area contributed by atoms with Crippen molar-refractivity contribution in [3.8, 4) is 5.75 Å². The quantitative estimate of drug-likeness (QED) is 0.695. The number of aromatic nitrogens is 1. The van der Waals surface area contributed by atoms with Crippen LogP contribution in [0.15, 0.2) is 17.2 Å². The fourth-order valence-corrected chi connectivity index (χ4v) is 0.826. The van der Waals surface area contributed by atoms with Crippen LogP contribution < -0.4 is 10.5 Å². The number of ether oxygens (including phenoxy) is 1. The van der Waals surface area contributed by atoms with E-state index in [-0.39, 0.29) is 10.7 Å². The molecule has 2 N–H and O–H groups in total. The van der Waals surface area contributed by atoms with Crippen LogP contribution in [0.5, 0.6) is 5.75 Å². The first-order chi connectivity index (χ1) is 5.88. The van der Waals surface area contributed by atoms with E-state index in [4.69, 9.17) is 5.73 Å². The molecule has 3 nitrogen and oxygen atoms in total. The van der Waals surface area contributed by atoms with E-state index >= 15 is 0 Å². The second-order valence-electron chi connectivity index (χ2n) is 2.12. The van der Waals surface area contributed by atoms with E-state index in [0.29, 0.717) is 0 Å². The van der Waals surface area contributed by atoms with Gasteiger partial charge >= 0.3 is 6.36 Å². The van der Waals surface area contributed by atoms with Gasteiger partial charge in [0.2, 0.25) is 0 Å². The number of nitrogens with zero attached hydrogens (tertiary/aromatic N) is 1. The van der Waals surface area contributed by atoms with Crippen molar-refractivity contribution >= 4 is 18.4 Å². The fourth-order valence-electron chi connectivity index (χ4n) is 0.651. The van der Waals surface area contributed by atoms with Gasteiger partial charge in [0, 0.05) is 11.1 Å². The van der Waals surface area contributed by atoms with Crippen molar-refractivity contribution in [3.63, 3.8) is 0 Å². The van der Waals surface area contributed by atoms with Crippen molar-refractivity contribution in [1.82, 2.24) is 4.98 Å². The van der Waals surface area contributed by atoms with Crippen LogP contribution >= 0.6 is 12.6 Å². The number of hydrogen-bond donors (Lipinski definition) is 2. The molecule has 0 bridgehead atoms. The third-order valence-corrected chi connectivity index (χ3v) is 1.34. The van der Waals surface area contributed by atoms with Gasteiger partial charge in [0.15, 0.2) is 11.6 Å². The summed E-state index contributed by atoms with van der Waals surface area (Å²) in [5.41, 5.74) is 5.13. The Kier molecular flexibility index (Phi) is 2.55. The number of nitrogens with two attached hydrogens (primary N) is 1. The second-order valence-corrected chi connectivity index (χ2v) is 2.64. The first-order valence-electron chi connectivity index (χ1n) is 3.09. The standard InChI is InChI=1S/C6H5F3N2OS/c7-6(8,9)12-4-1-3(13)2-11-5(4)10/h1-2,13H,(H2,10,11). The second kappa shape index (κ2) is 3.33. The zero-order valence-electron chi connectivity index (χ0n) is 6.17. The van der Waals surface area contributed by atoms with E-state index in [2.05, 4.69) is 22.3 Å². The largest absolute Gasteiger partial charge is 0.573 e. The van der Waals surface area contributed by atoms with E-state index < -0.39 is 12.1 Å². The monoisotopic (exact) mass is 210 g/mol. The number of halogens is 3. The van der Waals surface area contributed by atoms with Gasteiger partial charge in [-0.25, -0.2) is 4.98 Å². The molecule has 1 rings (SSSR count). The summed E-state index contributed by atoms with van der Waals surface area (Å²) in [7, 11) is 0. The average molecular weight is 210 g/mol. The average Bonchev–Trinajstić information content (AvgIpc) is 1.94. The van der Waals surface area contributed by atoms with E-state index in [9.17, 15) is 13.2 Å². The number of thiol groups is 1. The maximum atomic E-state index is 11.7. The zero-order valence-corrected chi connectivity index (χ0v) is 7.06. The Labute approximate surface area is 77.1 Å². The highest BCUT2D eigenvalue weighted by Gasteiger charge is 2.32. The number of rotatable bonds is 1. The van der Waals surface area contributed by atoms with Gasteiger partial charge in [-0.05, 0) is 6.07 Å². The highest BCUT2D eigenvalue weighted by molar-refractivity contribution is 7.80. The van der Waals surface area contributed by atoms with Crippen LogP contribution in [-0.4, -0.2) is 11.3 Å². The Bertz CT molecular complexity index is 315. The van der Waals surface area contributed by atoms with Crippen LogP contribution in [0.3, 0.4) is 0 Å². The van der Waals surface area contributed by atoms with E-state index in [0.717, 1.165) is 6.07 Å². The summed E-state index contributed by atoms with van der Waals surface area (Å²) in [5.74, 6) is -0.866. The lowest BCUT2D eigenvalue weighted by Gasteiger charge is -2.10. The maximum Gasteiger partial charge on any atom is 0.573 e. The molecular weight excluding hydrogens is 205 g/mol. The smallest absolute Gasteiger partial charge is 0.402 e. The highest BCUT2D eigenvalue weighted by Crippen LogP contribution is 2.28. The summed E-state index contributed by atoms with van der Waals surface area (Å²) < 4.78 is 38.7. The van der Waals surface area contributed by atoms with E-state index in [1.807, 2.05) is 0 Å². The molecule has 7 heteroatoms. The van der Waals surface area contributed by atoms with Crippen LogP contribution in [0, 0.1) is 0 Å². The first kappa shape index (κ1) is 9.97. The minimum atomic E-state index is -4.77. The molecule has 0 amide bonds. The number of nitrogen functional groups attached to an aromatic ring is 1. The van der Waals surface area contributed by atoms with Gasteiger partial charge < -0.3 is 10.5 Å². The van der Waals surface area contributed by atoms with Crippen LogP contribution in [0.2, 0.25) is 0 Å². The van der Waals surface area contributed by atoms with Gasteiger partial charge in [-0.2, -0.15) is 0 Å². The van der Waals surface area contributed by atoms with Crippen molar-refractivity contribution in [3.05, 3.63) is 12.3 Å². The lowest BCUT2D eigenvalue weighted by atomic mass is 10.4. The summed E-state index contributed by atoms with van der Waals surface area (Å²) >= 11 is 3.79. The Balaban J connectivity index is 2.94. The van der Waals surface area contributed by atoms with Crippen LogP contribution in [0.1, 0.15) is 0 Å². The molecule has 0 aliphatic carbocycles. The minimum Gasteiger partial charge on any atom is -0.402 e. The van der Waals surface area contributed by atoms with Crippen LogP contribution in [-0.2, 0) is 0 Å². The van der Waals surface area contributed by atoms with E-state index in [1.54, 1.807) is 0 Å². The third-order valence-electron chi connectivity index (χ3n) is 1.09. The molecule has 0 aliphatic rings. The van der Waals surface area contributed by atoms with Crippen LogP contribution in [0.4, 0.5) is 19.0 Å². The molecule has 0 unspecified atom stereocenters. The summed E-state index contributed by atoms with van der Waals surface area (Å²) in [6.07, 6.45) is -3.54. The van der Waals surface area contributed by atoms with Crippen molar-refractivity contribution in [2.75, 3.05) is 5.73 Å². The normalized spacial score (nSPS) is 11.4. The molecule has 1 aromatic heterocycles. The van der Waals surface area contributed by atoms with Crippen molar-refractivity contribution < 1.29 is 17.9 Å². The van der Waals surface area contributed by atoms with E-state index in [1.165, 1.54) is 6.20 Å². The number of pyridine rings is 1. The number of hydrogen-bond acceptors (Lipinski definition) is 4. The molecule has 0 fully saturated rings. The maximum absolute atomic E-state index is 11.7. The van der Waals surface area contributed by atoms with Gasteiger partial charge in [-0.15, -0.1) is 25.8 Å². The molecule has 0 atom stereocenters. The predicted octanol–water partition coefficient (Wildman–Crippen LogP) is 1.85. The van der Waals surface area contributed by atoms with Gasteiger partial charge in [-0.1, -0.05) is 0 Å². The molecule has 0 saturated carbocycles. The molecule has 0 aromatic carbocycles. The van der Waals surface area contributed by atoms with Gasteiger partial charge in [-0.3, -0.25) is 0 Å². The third kappa shape index (κ3) is 3.02. The summed E-state index contributed by atoms with van der Waals surface area (Å²) in [6, 6.07) is 1.04. The minimum absolute atomic E-state index is 0.244. The zero-order chi connectivity index (χ0) is 10.1. The lowest BCUT2D eigenvalue weighted by Crippen LogP contribution is -2.18. The van der Waals surface area contributed by atoms with Crippen molar-refractivity contribution in [2.45, 2.75) is 11.3 Å². The number of anilines is 1. The summed E-state index contributed by atoms with van der Waals surface area (Å²) in [5, 5.41) is 0. The fraction of sp³-hybridized carbons (Fsp3) is 0.167. The molecular formula is C6H5F3N2OS. The summed E-state index contributed by atoms with van der Waals surface area (Å²) in [6.45, 7) is 0. The molecule has 72 valence electrons. The molecule has 1 aromatic rings. The van der Waals surface area contributed by atoms with Gasteiger partial charge in [0.1, 0.15) is 0 Å². The Morgan fingerprint density at radius 3 is 2.62 bits per heavy atom. The van der Waals surface area contributed by atoms with Crippen molar-refractivity contribution in [1.29, 1.82) is 0 Å². The van der Waals surface area contributed by atoms with Gasteiger partial charge in [0.25, 0.3) is 0 Å². The number of alkyl halides is 3. The summed E-state index contributed by atoms with van der Waals surface area (Å²) in [4.78, 5) is 3.68. The SMILES string of the molecule is Nc1ncc(S)cc1OC(F)(F)F. The van der Waals surface area contributed by atoms with Crippen LogP contribution in [0.25, 0.3) is 0 Å². The Hall–Kier alpha value is -1.11. The molecule has 0 saturated heterocycles. The highest BCUT2D eigenvalue weighted by atomic mass is 32.1. The predicted molar refractivity (Wildman–Crippen MR) is 42.6 cm³/mol. The topological polar surface area (TPSA) is 48.1 Å². The molecule has 0 spiro atoms. The van der Waals surface area contributed by atoms with Crippen molar-refractivity contribution in [2.24, 2.45) is 0 Å². The molecule has 0 radical (unpaired) electrons. The Morgan fingerprint density at radius 1 is 1.46 bits per heavy atom. The molecule has 1 heterocycles.